The quantitative estimate of drug-likeness (QED) is 0.137. The van der Waals surface area contributed by atoms with Crippen molar-refractivity contribution in [1.29, 1.82) is 0 Å². The highest BCUT2D eigenvalue weighted by molar-refractivity contribution is 6.04. The second kappa shape index (κ2) is 18.7. The van der Waals surface area contributed by atoms with Crippen molar-refractivity contribution in [2.24, 2.45) is 0 Å². The highest BCUT2D eigenvalue weighted by Crippen LogP contribution is 2.38. The molecule has 12 aromatic rings. The lowest BCUT2D eigenvalue weighted by atomic mass is 9.95. The van der Waals surface area contributed by atoms with E-state index in [0.29, 0.717) is 11.6 Å². The van der Waals surface area contributed by atoms with E-state index in [0.717, 1.165) is 89.2 Å². The molecular formula is C66H44N4. The monoisotopic (exact) mass is 892 g/mol. The van der Waals surface area contributed by atoms with Crippen LogP contribution in [0.2, 0.25) is 0 Å². The minimum Gasteiger partial charge on any atom is -0.228 e. The maximum atomic E-state index is 5.35. The lowest BCUT2D eigenvalue weighted by Gasteiger charge is -2.15. The summed E-state index contributed by atoms with van der Waals surface area (Å²) in [7, 11) is 0. The van der Waals surface area contributed by atoms with E-state index in [-0.39, 0.29) is 0 Å². The van der Waals surface area contributed by atoms with Crippen molar-refractivity contribution in [3.63, 3.8) is 0 Å². The SMILES string of the molecule is c1ccc(-c2ccc(-c3cc(-c4cccc5c(-c6cc(-c7ccc(-c8ccccc8)cc7)nc(-c7ccc(-c8ccccc8)cc7)n6)cccc45)nc(-c4ccc(-c5ccccc5)cc4)n3)cc2)cc1. The highest BCUT2D eigenvalue weighted by atomic mass is 14.9. The van der Waals surface area contributed by atoms with Gasteiger partial charge in [0.15, 0.2) is 11.6 Å². The predicted molar refractivity (Wildman–Crippen MR) is 289 cm³/mol. The van der Waals surface area contributed by atoms with Gasteiger partial charge in [0.1, 0.15) is 0 Å². The first-order chi connectivity index (χ1) is 34.7. The molecule has 0 N–H and O–H groups in total. The molecule has 0 spiro atoms. The van der Waals surface area contributed by atoms with Crippen LogP contribution in [0.4, 0.5) is 0 Å². The zero-order valence-corrected chi connectivity index (χ0v) is 38.2. The van der Waals surface area contributed by atoms with Gasteiger partial charge in [-0.15, -0.1) is 0 Å². The predicted octanol–water partition coefficient (Wildman–Crippen LogP) is 17.1. The molecule has 4 nitrogen and oxygen atoms in total. The van der Waals surface area contributed by atoms with Crippen molar-refractivity contribution in [2.75, 3.05) is 0 Å². The summed E-state index contributed by atoms with van der Waals surface area (Å²) in [6.45, 7) is 0. The van der Waals surface area contributed by atoms with Crippen molar-refractivity contribution >= 4 is 10.8 Å². The van der Waals surface area contributed by atoms with Gasteiger partial charge in [0, 0.05) is 33.4 Å². The standard InChI is InChI=1S/C66H44N4/c1-5-15-45(16-6-1)49-27-35-53(36-28-49)61-43-63(69-65(67-61)55-39-31-51(32-40-55)47-19-9-3-10-20-47)59-25-13-24-58-57(59)23-14-26-60(58)64-44-62(54-37-29-50(30-38-54)46-17-7-2-8-18-46)68-66(70-64)56-41-33-52(34-42-56)48-21-11-4-12-22-48/h1-44H. The molecule has 0 fully saturated rings. The Bertz CT molecular complexity index is 3290. The van der Waals surface area contributed by atoms with Crippen LogP contribution in [-0.4, -0.2) is 19.9 Å². The zero-order valence-electron chi connectivity index (χ0n) is 38.2. The number of aromatic nitrogens is 4. The number of fused-ring (bicyclic) bond motifs is 1. The summed E-state index contributed by atoms with van der Waals surface area (Å²) in [4.78, 5) is 21.2. The first-order valence-electron chi connectivity index (χ1n) is 23.6. The van der Waals surface area contributed by atoms with Gasteiger partial charge in [0.05, 0.1) is 22.8 Å². The van der Waals surface area contributed by atoms with Gasteiger partial charge in [-0.2, -0.15) is 0 Å². The molecular weight excluding hydrogens is 849 g/mol. The fourth-order valence-corrected chi connectivity index (χ4v) is 9.29. The van der Waals surface area contributed by atoms with Crippen LogP contribution in [0.25, 0.3) is 123 Å². The molecule has 328 valence electrons. The van der Waals surface area contributed by atoms with E-state index in [4.69, 9.17) is 19.9 Å². The van der Waals surface area contributed by atoms with Crippen LogP contribution in [0.1, 0.15) is 0 Å². The van der Waals surface area contributed by atoms with Crippen molar-refractivity contribution in [3.8, 4) is 112 Å². The fraction of sp³-hybridized carbons (Fsp3) is 0. The van der Waals surface area contributed by atoms with Gasteiger partial charge in [0.2, 0.25) is 0 Å². The molecule has 10 aromatic carbocycles. The van der Waals surface area contributed by atoms with Crippen LogP contribution in [0, 0.1) is 0 Å². The molecule has 12 rings (SSSR count). The van der Waals surface area contributed by atoms with Gasteiger partial charge in [-0.1, -0.05) is 255 Å². The Hall–Kier alpha value is -9.38. The van der Waals surface area contributed by atoms with Gasteiger partial charge in [-0.25, -0.2) is 19.9 Å². The average molecular weight is 893 g/mol. The molecule has 0 bridgehead atoms. The Kier molecular flexibility index (Phi) is 11.2. The number of benzene rings is 10. The Labute approximate surface area is 408 Å². The van der Waals surface area contributed by atoms with E-state index in [1.807, 2.05) is 24.3 Å². The summed E-state index contributed by atoms with van der Waals surface area (Å²) >= 11 is 0. The van der Waals surface area contributed by atoms with E-state index in [1.165, 1.54) is 22.3 Å². The molecule has 0 aliphatic heterocycles. The molecule has 0 saturated heterocycles. The van der Waals surface area contributed by atoms with Gasteiger partial charge >= 0.3 is 0 Å². The molecule has 0 aliphatic carbocycles. The van der Waals surface area contributed by atoms with Gasteiger partial charge in [-0.3, -0.25) is 0 Å². The van der Waals surface area contributed by atoms with Crippen LogP contribution in [0.3, 0.4) is 0 Å². The smallest absolute Gasteiger partial charge is 0.160 e. The van der Waals surface area contributed by atoms with Crippen LogP contribution < -0.4 is 0 Å². The first-order valence-corrected chi connectivity index (χ1v) is 23.6. The molecule has 0 amide bonds. The Balaban J connectivity index is 0.981. The number of hydrogen-bond donors (Lipinski definition) is 0. The second-order valence-corrected chi connectivity index (χ2v) is 17.4. The van der Waals surface area contributed by atoms with Crippen molar-refractivity contribution in [3.05, 3.63) is 267 Å². The van der Waals surface area contributed by atoms with Gasteiger partial charge < -0.3 is 0 Å². The summed E-state index contributed by atoms with van der Waals surface area (Å²) < 4.78 is 0. The summed E-state index contributed by atoms with van der Waals surface area (Å²) in [6, 6.07) is 93.5. The molecule has 0 atom stereocenters. The largest absolute Gasteiger partial charge is 0.228 e. The zero-order chi connectivity index (χ0) is 46.6. The van der Waals surface area contributed by atoms with Gasteiger partial charge in [0.25, 0.3) is 0 Å². The average Bonchev–Trinajstić information content (AvgIpc) is 3.45. The van der Waals surface area contributed by atoms with Gasteiger partial charge in [-0.05, 0) is 67.4 Å². The molecule has 4 heteroatoms. The highest BCUT2D eigenvalue weighted by Gasteiger charge is 2.18. The van der Waals surface area contributed by atoms with E-state index >= 15 is 0 Å². The summed E-state index contributed by atoms with van der Waals surface area (Å²) in [5.74, 6) is 1.32. The molecule has 2 aromatic heterocycles. The Morgan fingerprint density at radius 2 is 0.414 bits per heavy atom. The second-order valence-electron chi connectivity index (χ2n) is 17.4. The molecule has 0 saturated carbocycles. The van der Waals surface area contributed by atoms with E-state index in [1.54, 1.807) is 0 Å². The molecule has 0 radical (unpaired) electrons. The molecule has 70 heavy (non-hydrogen) atoms. The normalized spacial score (nSPS) is 11.1. The maximum absolute atomic E-state index is 5.35. The Morgan fingerprint density at radius 1 is 0.171 bits per heavy atom. The summed E-state index contributed by atoms with van der Waals surface area (Å²) in [5.41, 5.74) is 18.6. The molecule has 2 heterocycles. The lowest BCUT2D eigenvalue weighted by Crippen LogP contribution is -1.98. The third-order valence-electron chi connectivity index (χ3n) is 13.0. The number of hydrogen-bond acceptors (Lipinski definition) is 4. The lowest BCUT2D eigenvalue weighted by molar-refractivity contribution is 1.18. The summed E-state index contributed by atoms with van der Waals surface area (Å²) in [5, 5.41) is 2.13. The van der Waals surface area contributed by atoms with Crippen molar-refractivity contribution in [2.45, 2.75) is 0 Å². The minimum atomic E-state index is 0.661. The van der Waals surface area contributed by atoms with Crippen LogP contribution >= 0.6 is 0 Å². The van der Waals surface area contributed by atoms with Crippen LogP contribution in [0.15, 0.2) is 267 Å². The third kappa shape index (κ3) is 8.58. The molecule has 0 unspecified atom stereocenters. The third-order valence-corrected chi connectivity index (χ3v) is 13.0. The minimum absolute atomic E-state index is 0.661. The Morgan fingerprint density at radius 3 is 0.714 bits per heavy atom. The maximum Gasteiger partial charge on any atom is 0.160 e. The van der Waals surface area contributed by atoms with E-state index in [9.17, 15) is 0 Å². The van der Waals surface area contributed by atoms with Crippen molar-refractivity contribution in [1.82, 2.24) is 19.9 Å². The first kappa shape index (κ1) is 42.0. The van der Waals surface area contributed by atoms with E-state index in [2.05, 4.69) is 243 Å². The van der Waals surface area contributed by atoms with Crippen molar-refractivity contribution < 1.29 is 0 Å². The summed E-state index contributed by atoms with van der Waals surface area (Å²) in [6.07, 6.45) is 0. The van der Waals surface area contributed by atoms with E-state index < -0.39 is 0 Å². The number of nitrogens with zero attached hydrogens (tertiary/aromatic N) is 4. The number of rotatable bonds is 10. The van der Waals surface area contributed by atoms with Crippen LogP contribution in [-0.2, 0) is 0 Å². The topological polar surface area (TPSA) is 51.6 Å². The fourth-order valence-electron chi connectivity index (χ4n) is 9.29. The van der Waals surface area contributed by atoms with Crippen LogP contribution in [0.5, 0.6) is 0 Å². The molecule has 0 aliphatic rings.